The molecule has 2 atom stereocenters. The summed E-state index contributed by atoms with van der Waals surface area (Å²) < 4.78 is 21.8. The van der Waals surface area contributed by atoms with Crippen molar-refractivity contribution in [3.8, 4) is 11.1 Å². The first-order valence-electron chi connectivity index (χ1n) is 20.4. The second kappa shape index (κ2) is 25.6. The van der Waals surface area contributed by atoms with Crippen LogP contribution in [0.4, 0.5) is 4.79 Å². The molecular weight excluding hydrogens is 717 g/mol. The molecule has 0 radical (unpaired) electrons. The maximum Gasteiger partial charge on any atom is 0.407 e. The Kier molecular flexibility index (Phi) is 21.3. The Balaban J connectivity index is 1.44. The summed E-state index contributed by atoms with van der Waals surface area (Å²) in [4.78, 5) is 51.7. The van der Waals surface area contributed by atoms with E-state index in [-0.39, 0.29) is 37.5 Å². The van der Waals surface area contributed by atoms with E-state index in [9.17, 15) is 19.2 Å². The number of unbranched alkanes of at least 4 members (excludes halogenated alkanes) is 12. The molecule has 2 aromatic rings. The maximum absolute atomic E-state index is 13.6. The number of fused-ring (bicyclic) bond motifs is 3. The molecule has 0 aliphatic heterocycles. The van der Waals surface area contributed by atoms with Gasteiger partial charge in [-0.05, 0) is 49.4 Å². The van der Waals surface area contributed by atoms with Crippen molar-refractivity contribution in [3.05, 3.63) is 59.7 Å². The lowest BCUT2D eigenvalue weighted by Gasteiger charge is -2.25. The molecule has 11 heteroatoms. The van der Waals surface area contributed by atoms with Crippen molar-refractivity contribution >= 4 is 35.7 Å². The lowest BCUT2D eigenvalue weighted by Crippen LogP contribution is -2.54. The largest absolute Gasteiger partial charge is 0.467 e. The number of hydrogen-bond donors (Lipinski definition) is 2. The van der Waals surface area contributed by atoms with Crippen molar-refractivity contribution in [3.63, 3.8) is 0 Å². The highest BCUT2D eigenvalue weighted by atomic mass is 32.2. The van der Waals surface area contributed by atoms with Gasteiger partial charge in [-0.3, -0.25) is 9.59 Å². The summed E-state index contributed by atoms with van der Waals surface area (Å²) in [7, 11) is 1.24. The molecule has 0 aromatic heterocycles. The zero-order valence-electron chi connectivity index (χ0n) is 34.0. The number of thioether (sulfide) groups is 1. The minimum Gasteiger partial charge on any atom is -0.467 e. The summed E-state index contributed by atoms with van der Waals surface area (Å²) in [6.45, 7) is 7.93. The first-order chi connectivity index (χ1) is 26.5. The number of esters is 2. The van der Waals surface area contributed by atoms with E-state index < -0.39 is 35.7 Å². The molecule has 55 heavy (non-hydrogen) atoms. The van der Waals surface area contributed by atoms with Gasteiger partial charge >= 0.3 is 18.0 Å². The van der Waals surface area contributed by atoms with Crippen molar-refractivity contribution in [2.24, 2.45) is 0 Å². The number of nitrogens with one attached hydrogen (secondary N) is 2. The Labute approximate surface area is 333 Å². The Morgan fingerprint density at radius 3 is 1.82 bits per heavy atom. The maximum atomic E-state index is 13.6. The van der Waals surface area contributed by atoms with Gasteiger partial charge in [0.25, 0.3) is 0 Å². The Bertz CT molecular complexity index is 1420. The third kappa shape index (κ3) is 17.4. The smallest absolute Gasteiger partial charge is 0.407 e. The van der Waals surface area contributed by atoms with Gasteiger partial charge in [-0.25, -0.2) is 9.59 Å². The van der Waals surface area contributed by atoms with Gasteiger partial charge in [-0.2, -0.15) is 11.8 Å². The molecular formula is C44H66N2O8S. The van der Waals surface area contributed by atoms with Crippen LogP contribution >= 0.6 is 11.8 Å². The third-order valence-electron chi connectivity index (χ3n) is 9.70. The van der Waals surface area contributed by atoms with Crippen LogP contribution < -0.4 is 10.6 Å². The highest BCUT2D eigenvalue weighted by Gasteiger charge is 2.31. The summed E-state index contributed by atoms with van der Waals surface area (Å²) in [6, 6.07) is 14.0. The number of ether oxygens (including phenoxy) is 4. The molecule has 2 aromatic carbocycles. The van der Waals surface area contributed by atoms with Crippen molar-refractivity contribution in [2.75, 3.05) is 38.4 Å². The minimum absolute atomic E-state index is 0.0841. The fourth-order valence-electron chi connectivity index (χ4n) is 6.66. The molecule has 1 aliphatic carbocycles. The van der Waals surface area contributed by atoms with E-state index in [1.807, 2.05) is 57.2 Å². The summed E-state index contributed by atoms with van der Waals surface area (Å²) in [5, 5.41) is 5.38. The van der Waals surface area contributed by atoms with Crippen LogP contribution in [0.25, 0.3) is 11.1 Å². The molecule has 306 valence electrons. The lowest BCUT2D eigenvalue weighted by atomic mass is 9.98. The van der Waals surface area contributed by atoms with Crippen LogP contribution in [0.2, 0.25) is 0 Å². The van der Waals surface area contributed by atoms with Gasteiger partial charge in [0.15, 0.2) is 6.04 Å². The normalized spacial score (nSPS) is 13.3. The molecule has 0 bridgehead atoms. The van der Waals surface area contributed by atoms with E-state index in [1.165, 1.54) is 83.1 Å². The van der Waals surface area contributed by atoms with Crippen molar-refractivity contribution in [1.82, 2.24) is 10.6 Å². The predicted octanol–water partition coefficient (Wildman–Crippen LogP) is 9.12. The van der Waals surface area contributed by atoms with Gasteiger partial charge in [-0.1, -0.05) is 133 Å². The molecule has 0 heterocycles. The average molecular weight is 783 g/mol. The van der Waals surface area contributed by atoms with Gasteiger partial charge in [0.1, 0.15) is 19.3 Å². The van der Waals surface area contributed by atoms with Crippen LogP contribution in [0, 0.1) is 0 Å². The van der Waals surface area contributed by atoms with E-state index in [0.29, 0.717) is 12.2 Å². The van der Waals surface area contributed by atoms with Gasteiger partial charge in [0.2, 0.25) is 5.91 Å². The highest BCUT2D eigenvalue weighted by molar-refractivity contribution is 7.99. The molecule has 0 unspecified atom stereocenters. The SMILES string of the molecule is CCCCCCCCCCCCCCCC(=O)OCCSC[C@H](NC(=O)OCC1c2ccccc2-c2ccccc21)C(=O)N[C@@H](COC(C)(C)C)C(=O)OC. The van der Waals surface area contributed by atoms with Crippen molar-refractivity contribution < 1.29 is 38.1 Å². The van der Waals surface area contributed by atoms with E-state index in [4.69, 9.17) is 18.9 Å². The fourth-order valence-corrected chi connectivity index (χ4v) is 7.49. The first kappa shape index (κ1) is 45.8. The van der Waals surface area contributed by atoms with E-state index in [2.05, 4.69) is 29.7 Å². The molecule has 2 amide bonds. The minimum atomic E-state index is -1.08. The molecule has 10 nitrogen and oxygen atoms in total. The summed E-state index contributed by atoms with van der Waals surface area (Å²) in [6.07, 6.45) is 15.8. The first-order valence-corrected chi connectivity index (χ1v) is 21.6. The topological polar surface area (TPSA) is 129 Å². The summed E-state index contributed by atoms with van der Waals surface area (Å²) in [5.74, 6) is -1.05. The zero-order chi connectivity index (χ0) is 39.9. The Hall–Kier alpha value is -3.57. The fraction of sp³-hybridized carbons (Fsp3) is 0.636. The van der Waals surface area contributed by atoms with Crippen LogP contribution in [0.3, 0.4) is 0 Å². The monoisotopic (exact) mass is 782 g/mol. The number of methoxy groups -OCH3 is 1. The van der Waals surface area contributed by atoms with Gasteiger partial charge in [0, 0.05) is 23.8 Å². The Morgan fingerprint density at radius 1 is 0.727 bits per heavy atom. The number of carbonyl (C=O) groups is 4. The molecule has 3 rings (SSSR count). The van der Waals surface area contributed by atoms with E-state index in [0.717, 1.165) is 41.5 Å². The molecule has 0 fully saturated rings. The van der Waals surface area contributed by atoms with Crippen LogP contribution in [-0.2, 0) is 33.3 Å². The summed E-state index contributed by atoms with van der Waals surface area (Å²) >= 11 is 1.35. The predicted molar refractivity (Wildman–Crippen MR) is 220 cm³/mol. The van der Waals surface area contributed by atoms with Crippen LogP contribution in [0.5, 0.6) is 0 Å². The lowest BCUT2D eigenvalue weighted by molar-refractivity contribution is -0.148. The molecule has 1 aliphatic rings. The quantitative estimate of drug-likeness (QED) is 0.0518. The van der Waals surface area contributed by atoms with Gasteiger partial charge in [-0.15, -0.1) is 0 Å². The van der Waals surface area contributed by atoms with Crippen LogP contribution in [0.1, 0.15) is 135 Å². The number of carbonyl (C=O) groups excluding carboxylic acids is 4. The van der Waals surface area contributed by atoms with Gasteiger partial charge < -0.3 is 29.6 Å². The molecule has 0 saturated heterocycles. The second-order valence-corrected chi connectivity index (χ2v) is 16.5. The van der Waals surface area contributed by atoms with Crippen LogP contribution in [0.15, 0.2) is 48.5 Å². The van der Waals surface area contributed by atoms with Crippen LogP contribution in [-0.4, -0.2) is 80.1 Å². The highest BCUT2D eigenvalue weighted by Crippen LogP contribution is 2.44. The van der Waals surface area contributed by atoms with E-state index >= 15 is 0 Å². The number of rotatable bonds is 27. The zero-order valence-corrected chi connectivity index (χ0v) is 34.8. The number of hydrogen-bond acceptors (Lipinski definition) is 9. The number of alkyl carbamates (subject to hydrolysis) is 1. The van der Waals surface area contributed by atoms with Crippen molar-refractivity contribution in [1.29, 1.82) is 0 Å². The van der Waals surface area contributed by atoms with E-state index in [1.54, 1.807) is 0 Å². The average Bonchev–Trinajstić information content (AvgIpc) is 3.49. The molecule has 0 saturated carbocycles. The second-order valence-electron chi connectivity index (χ2n) is 15.3. The molecule has 2 N–H and O–H groups in total. The number of amides is 2. The van der Waals surface area contributed by atoms with Gasteiger partial charge in [0.05, 0.1) is 19.3 Å². The molecule has 0 spiro atoms. The van der Waals surface area contributed by atoms with Crippen molar-refractivity contribution in [2.45, 2.75) is 141 Å². The standard InChI is InChI=1S/C44H66N2O8S/c1-6-7-8-9-10-11-12-13-14-15-16-17-18-27-40(47)52-28-29-55-32-39(41(48)45-38(42(49)51-5)31-54-44(2,3)4)46-43(50)53-30-37-35-25-21-19-23-33(35)34-24-20-22-26-36(34)37/h19-26,37-39H,6-18,27-32H2,1-5H3,(H,45,48)(H,46,50)/t38-,39-/m0/s1. The summed E-state index contributed by atoms with van der Waals surface area (Å²) in [5.41, 5.74) is 3.80. The number of benzene rings is 2. The Morgan fingerprint density at radius 2 is 1.27 bits per heavy atom. The third-order valence-corrected chi connectivity index (χ3v) is 10.7.